The van der Waals surface area contributed by atoms with Gasteiger partial charge in [-0.3, -0.25) is 4.79 Å². The second-order valence-electron chi connectivity index (χ2n) is 4.35. The quantitative estimate of drug-likeness (QED) is 0.793. The van der Waals surface area contributed by atoms with Gasteiger partial charge < -0.3 is 9.32 Å². The van der Waals surface area contributed by atoms with Gasteiger partial charge in [0.2, 0.25) is 5.91 Å². The van der Waals surface area contributed by atoms with Crippen LogP contribution in [0.1, 0.15) is 17.0 Å². The van der Waals surface area contributed by atoms with Crippen molar-refractivity contribution in [3.05, 3.63) is 65.4 Å². The molecule has 0 bridgehead atoms. The summed E-state index contributed by atoms with van der Waals surface area (Å²) in [5.74, 6) is 0.526. The average molecular weight is 291 g/mol. The number of nitrogens with zero attached hydrogens (tertiary/aromatic N) is 2. The predicted molar refractivity (Wildman–Crippen MR) is 77.1 cm³/mol. The van der Waals surface area contributed by atoms with E-state index in [9.17, 15) is 4.79 Å². The molecule has 1 heterocycles. The Morgan fingerprint density at radius 3 is 2.80 bits per heavy atom. The first-order valence-electron chi connectivity index (χ1n) is 6.15. The minimum atomic E-state index is -0.174. The van der Waals surface area contributed by atoms with Crippen molar-refractivity contribution in [1.82, 2.24) is 9.88 Å². The third-order valence-corrected chi connectivity index (χ3v) is 3.36. The van der Waals surface area contributed by atoms with Crippen molar-refractivity contribution >= 4 is 17.5 Å². The van der Waals surface area contributed by atoms with E-state index in [0.29, 0.717) is 23.9 Å². The lowest BCUT2D eigenvalue weighted by atomic mass is 10.2. The van der Waals surface area contributed by atoms with Gasteiger partial charge >= 0.3 is 0 Å². The molecule has 2 aromatic rings. The summed E-state index contributed by atoms with van der Waals surface area (Å²) in [5, 5.41) is 0.631. The van der Waals surface area contributed by atoms with Gasteiger partial charge in [0.05, 0.1) is 6.54 Å². The van der Waals surface area contributed by atoms with Crippen molar-refractivity contribution < 1.29 is 9.21 Å². The fourth-order valence-corrected chi connectivity index (χ4v) is 2.03. The molecule has 0 aliphatic heterocycles. The Balaban J connectivity index is 2.20. The predicted octanol–water partition coefficient (Wildman–Crippen LogP) is 3.35. The molecule has 1 aromatic heterocycles. The molecule has 1 amide bonds. The summed E-state index contributed by atoms with van der Waals surface area (Å²) < 4.78 is 5.15. The largest absolute Gasteiger partial charge is 0.448 e. The molecule has 0 N–H and O–H groups in total. The molecule has 0 aliphatic carbocycles. The molecule has 20 heavy (non-hydrogen) atoms. The maximum Gasteiger partial charge on any atom is 0.246 e. The maximum absolute atomic E-state index is 12.0. The van der Waals surface area contributed by atoms with Crippen LogP contribution in [0.4, 0.5) is 0 Å². The highest BCUT2D eigenvalue weighted by molar-refractivity contribution is 6.31. The first-order valence-corrected chi connectivity index (χ1v) is 6.53. The molecule has 0 saturated carbocycles. The summed E-state index contributed by atoms with van der Waals surface area (Å²) in [7, 11) is 0. The summed E-state index contributed by atoms with van der Waals surface area (Å²) in [6.07, 6.45) is 2.66. The van der Waals surface area contributed by atoms with Gasteiger partial charge in [-0.2, -0.15) is 0 Å². The number of hydrogen-bond acceptors (Lipinski definition) is 3. The fourth-order valence-electron chi connectivity index (χ4n) is 1.83. The van der Waals surface area contributed by atoms with Crippen molar-refractivity contribution in [2.24, 2.45) is 0 Å². The van der Waals surface area contributed by atoms with E-state index in [2.05, 4.69) is 11.6 Å². The summed E-state index contributed by atoms with van der Waals surface area (Å²) in [6.45, 7) is 6.10. The summed E-state index contributed by atoms with van der Waals surface area (Å²) in [4.78, 5) is 17.7. The highest BCUT2D eigenvalue weighted by atomic mass is 35.5. The van der Waals surface area contributed by atoms with Crippen LogP contribution in [0.2, 0.25) is 5.02 Å². The summed E-state index contributed by atoms with van der Waals surface area (Å²) >= 11 is 6.13. The molecule has 5 heteroatoms. The molecule has 0 atom stereocenters. The van der Waals surface area contributed by atoms with Gasteiger partial charge in [0.25, 0.3) is 0 Å². The van der Waals surface area contributed by atoms with Crippen LogP contribution >= 0.6 is 11.6 Å². The number of oxazole rings is 1. The molecule has 1 aromatic carbocycles. The Hall–Kier alpha value is -2.07. The molecular weight excluding hydrogens is 276 g/mol. The Bertz CT molecular complexity index is 622. The average Bonchev–Trinajstić information content (AvgIpc) is 2.85. The number of carbonyl (C=O) groups is 1. The van der Waals surface area contributed by atoms with Crippen LogP contribution in [0.5, 0.6) is 0 Å². The second kappa shape index (κ2) is 6.39. The second-order valence-corrected chi connectivity index (χ2v) is 4.75. The van der Waals surface area contributed by atoms with Crippen LogP contribution in [0.15, 0.2) is 47.7 Å². The molecule has 0 saturated heterocycles. The topological polar surface area (TPSA) is 46.3 Å². The number of aromatic nitrogens is 1. The van der Waals surface area contributed by atoms with E-state index in [4.69, 9.17) is 16.0 Å². The normalized spacial score (nSPS) is 10.3. The zero-order valence-electron chi connectivity index (χ0n) is 11.2. The lowest BCUT2D eigenvalue weighted by molar-refractivity contribution is -0.127. The van der Waals surface area contributed by atoms with E-state index >= 15 is 0 Å². The zero-order valence-corrected chi connectivity index (χ0v) is 11.9. The molecule has 0 fully saturated rings. The molecule has 104 valence electrons. The van der Waals surface area contributed by atoms with Gasteiger partial charge in [-0.25, -0.2) is 4.98 Å². The Morgan fingerprint density at radius 1 is 1.45 bits per heavy atom. The maximum atomic E-state index is 12.0. The number of rotatable bonds is 5. The van der Waals surface area contributed by atoms with Crippen LogP contribution in [0.25, 0.3) is 0 Å². The van der Waals surface area contributed by atoms with Crippen molar-refractivity contribution in [2.45, 2.75) is 20.0 Å². The van der Waals surface area contributed by atoms with Crippen molar-refractivity contribution in [3.8, 4) is 0 Å². The van der Waals surface area contributed by atoms with Gasteiger partial charge in [0.15, 0.2) is 6.39 Å². The van der Waals surface area contributed by atoms with Crippen LogP contribution in [0, 0.1) is 6.92 Å². The lowest BCUT2D eigenvalue weighted by Gasteiger charge is -2.21. The monoisotopic (exact) mass is 290 g/mol. The van der Waals surface area contributed by atoms with Crippen LogP contribution in [-0.4, -0.2) is 15.8 Å². The number of carbonyl (C=O) groups excluding carboxylic acids is 1. The third kappa shape index (κ3) is 3.27. The number of benzene rings is 1. The zero-order chi connectivity index (χ0) is 14.5. The first kappa shape index (κ1) is 14.3. The van der Waals surface area contributed by atoms with Gasteiger partial charge in [0.1, 0.15) is 11.5 Å². The summed E-state index contributed by atoms with van der Waals surface area (Å²) in [5.41, 5.74) is 1.61. The van der Waals surface area contributed by atoms with Gasteiger partial charge in [-0.15, -0.1) is 0 Å². The molecule has 0 unspecified atom stereocenters. The highest BCUT2D eigenvalue weighted by Crippen LogP contribution is 2.19. The minimum Gasteiger partial charge on any atom is -0.448 e. The number of halogens is 1. The Morgan fingerprint density at radius 2 is 2.20 bits per heavy atom. The van der Waals surface area contributed by atoms with Crippen molar-refractivity contribution in [2.75, 3.05) is 0 Å². The number of aryl methyl sites for hydroxylation is 1. The molecule has 2 rings (SSSR count). The van der Waals surface area contributed by atoms with E-state index in [-0.39, 0.29) is 5.91 Å². The molecule has 0 aliphatic rings. The van der Waals surface area contributed by atoms with Crippen LogP contribution in [-0.2, 0) is 17.9 Å². The Labute approximate surface area is 122 Å². The smallest absolute Gasteiger partial charge is 0.246 e. The lowest BCUT2D eigenvalue weighted by Crippen LogP contribution is -2.28. The fraction of sp³-hybridized carbons (Fsp3) is 0.200. The highest BCUT2D eigenvalue weighted by Gasteiger charge is 2.16. The number of amides is 1. The van der Waals surface area contributed by atoms with E-state index < -0.39 is 0 Å². The SMILES string of the molecule is C=CC(=O)N(Cc1ccccc1Cl)Cc1ncoc1C. The van der Waals surface area contributed by atoms with Crippen molar-refractivity contribution in [1.29, 1.82) is 0 Å². The molecule has 0 spiro atoms. The molecule has 4 nitrogen and oxygen atoms in total. The molecular formula is C15H15ClN2O2. The Kier molecular flexibility index (Phi) is 4.58. The van der Waals surface area contributed by atoms with Gasteiger partial charge in [0, 0.05) is 11.6 Å². The van der Waals surface area contributed by atoms with E-state index in [1.54, 1.807) is 11.0 Å². The van der Waals surface area contributed by atoms with E-state index in [0.717, 1.165) is 11.3 Å². The van der Waals surface area contributed by atoms with Crippen LogP contribution < -0.4 is 0 Å². The van der Waals surface area contributed by atoms with Gasteiger partial charge in [-0.1, -0.05) is 36.4 Å². The first-order chi connectivity index (χ1) is 9.61. The molecule has 0 radical (unpaired) electrons. The third-order valence-electron chi connectivity index (χ3n) is 2.99. The van der Waals surface area contributed by atoms with Gasteiger partial charge in [-0.05, 0) is 24.6 Å². The van der Waals surface area contributed by atoms with E-state index in [1.165, 1.54) is 12.5 Å². The van der Waals surface area contributed by atoms with E-state index in [1.807, 2.05) is 25.1 Å². The number of hydrogen-bond donors (Lipinski definition) is 0. The standard InChI is InChI=1S/C15H15ClN2O2/c1-3-15(19)18(9-14-11(2)20-10-17-14)8-12-6-4-5-7-13(12)16/h3-7,10H,1,8-9H2,2H3. The van der Waals surface area contributed by atoms with Crippen molar-refractivity contribution in [3.63, 3.8) is 0 Å². The minimum absolute atomic E-state index is 0.174. The summed E-state index contributed by atoms with van der Waals surface area (Å²) in [6, 6.07) is 7.43. The van der Waals surface area contributed by atoms with Crippen LogP contribution in [0.3, 0.4) is 0 Å².